The van der Waals surface area contributed by atoms with Gasteiger partial charge in [-0.25, -0.2) is 0 Å². The van der Waals surface area contributed by atoms with E-state index < -0.39 is 0 Å². The molecule has 0 saturated carbocycles. The molecule has 0 spiro atoms. The van der Waals surface area contributed by atoms with Crippen LogP contribution in [0, 0.1) is 5.92 Å². The molecule has 0 aliphatic rings. The molecule has 6 nitrogen and oxygen atoms in total. The summed E-state index contributed by atoms with van der Waals surface area (Å²) in [5.41, 5.74) is 1.14. The molecule has 1 atom stereocenters. The van der Waals surface area contributed by atoms with Gasteiger partial charge in [-0.2, -0.15) is 0 Å². The van der Waals surface area contributed by atoms with Gasteiger partial charge < -0.3 is 21.1 Å². The van der Waals surface area contributed by atoms with E-state index in [4.69, 9.17) is 5.11 Å². The summed E-state index contributed by atoms with van der Waals surface area (Å²) in [7, 11) is 1.80. The van der Waals surface area contributed by atoms with Crippen LogP contribution in [0.1, 0.15) is 17.3 Å². The molecule has 1 aromatic rings. The predicted octanol–water partition coefficient (Wildman–Crippen LogP) is 0.203. The molecule has 0 bridgehead atoms. The molecule has 4 N–H and O–H groups in total. The Morgan fingerprint density at radius 3 is 2.45 bits per heavy atom. The standard InChI is InChI=1S/C14H21N3O3/c1-10(9-15-2)13(19)17-12-5-3-11(4-6-12)14(20)16-7-8-18/h3-6,10,15,18H,7-9H2,1-2H3,(H,16,20)(H,17,19). The van der Waals surface area contributed by atoms with Gasteiger partial charge in [-0.3, -0.25) is 9.59 Å². The Bertz CT molecular complexity index is 445. The molecule has 0 fully saturated rings. The molecule has 0 aliphatic heterocycles. The summed E-state index contributed by atoms with van der Waals surface area (Å²) in [6.45, 7) is 2.57. The number of benzene rings is 1. The quantitative estimate of drug-likeness (QED) is 0.574. The van der Waals surface area contributed by atoms with Crippen LogP contribution >= 0.6 is 0 Å². The molecule has 110 valence electrons. The zero-order chi connectivity index (χ0) is 15.0. The van der Waals surface area contributed by atoms with Crippen molar-refractivity contribution in [3.8, 4) is 0 Å². The number of nitrogens with one attached hydrogen (secondary N) is 3. The molecule has 0 saturated heterocycles. The van der Waals surface area contributed by atoms with Crippen LogP contribution in [-0.4, -0.2) is 43.7 Å². The fraction of sp³-hybridized carbons (Fsp3) is 0.429. The van der Waals surface area contributed by atoms with E-state index in [0.717, 1.165) is 0 Å². The lowest BCUT2D eigenvalue weighted by molar-refractivity contribution is -0.119. The van der Waals surface area contributed by atoms with Crippen molar-refractivity contribution in [2.24, 2.45) is 5.92 Å². The van der Waals surface area contributed by atoms with Crippen LogP contribution in [0.4, 0.5) is 5.69 Å². The number of hydrogen-bond donors (Lipinski definition) is 4. The van der Waals surface area contributed by atoms with Crippen molar-refractivity contribution >= 4 is 17.5 Å². The normalized spacial score (nSPS) is 11.8. The van der Waals surface area contributed by atoms with Crippen LogP contribution in [0.3, 0.4) is 0 Å². The van der Waals surface area contributed by atoms with Crippen LogP contribution in [-0.2, 0) is 4.79 Å². The van der Waals surface area contributed by atoms with Gasteiger partial charge in [-0.1, -0.05) is 6.92 Å². The molecular formula is C14H21N3O3. The Kier molecular flexibility index (Phi) is 6.69. The van der Waals surface area contributed by atoms with Gasteiger partial charge >= 0.3 is 0 Å². The van der Waals surface area contributed by atoms with Gasteiger partial charge in [0, 0.05) is 30.3 Å². The molecule has 2 amide bonds. The molecule has 1 aromatic carbocycles. The number of hydrogen-bond acceptors (Lipinski definition) is 4. The Hall–Kier alpha value is -1.92. The third-order valence-corrected chi connectivity index (χ3v) is 2.77. The highest BCUT2D eigenvalue weighted by atomic mass is 16.3. The van der Waals surface area contributed by atoms with Gasteiger partial charge in [-0.05, 0) is 31.3 Å². The molecule has 0 aliphatic carbocycles. The van der Waals surface area contributed by atoms with E-state index in [1.54, 1.807) is 31.3 Å². The van der Waals surface area contributed by atoms with E-state index >= 15 is 0 Å². The molecule has 0 aromatic heterocycles. The minimum absolute atomic E-state index is 0.0724. The smallest absolute Gasteiger partial charge is 0.251 e. The van der Waals surface area contributed by atoms with E-state index in [9.17, 15) is 9.59 Å². The average Bonchev–Trinajstić information content (AvgIpc) is 2.45. The second-order valence-corrected chi connectivity index (χ2v) is 4.50. The maximum absolute atomic E-state index is 11.8. The maximum Gasteiger partial charge on any atom is 0.251 e. The third-order valence-electron chi connectivity index (χ3n) is 2.77. The lowest BCUT2D eigenvalue weighted by atomic mass is 10.1. The molecule has 1 rings (SSSR count). The van der Waals surface area contributed by atoms with Crippen LogP contribution in [0.2, 0.25) is 0 Å². The van der Waals surface area contributed by atoms with Crippen LogP contribution < -0.4 is 16.0 Å². The second-order valence-electron chi connectivity index (χ2n) is 4.50. The van der Waals surface area contributed by atoms with Crippen molar-refractivity contribution < 1.29 is 14.7 Å². The highest BCUT2D eigenvalue weighted by Gasteiger charge is 2.12. The summed E-state index contributed by atoms with van der Waals surface area (Å²) in [4.78, 5) is 23.4. The summed E-state index contributed by atoms with van der Waals surface area (Å²) in [5.74, 6) is -0.454. The number of anilines is 1. The molecule has 1 unspecified atom stereocenters. The largest absolute Gasteiger partial charge is 0.395 e. The van der Waals surface area contributed by atoms with Crippen LogP contribution in [0.15, 0.2) is 24.3 Å². The topological polar surface area (TPSA) is 90.5 Å². The first-order valence-electron chi connectivity index (χ1n) is 6.53. The Labute approximate surface area is 118 Å². The minimum atomic E-state index is -0.250. The highest BCUT2D eigenvalue weighted by molar-refractivity contribution is 5.96. The first kappa shape index (κ1) is 16.1. The zero-order valence-corrected chi connectivity index (χ0v) is 11.8. The van der Waals surface area contributed by atoms with Crippen molar-refractivity contribution in [3.63, 3.8) is 0 Å². The number of carbonyl (C=O) groups excluding carboxylic acids is 2. The van der Waals surface area contributed by atoms with Gasteiger partial charge in [0.2, 0.25) is 5.91 Å². The van der Waals surface area contributed by atoms with Gasteiger partial charge in [0.05, 0.1) is 6.61 Å². The van der Waals surface area contributed by atoms with E-state index in [1.807, 2.05) is 6.92 Å². The summed E-state index contributed by atoms with van der Waals surface area (Å²) >= 11 is 0. The van der Waals surface area contributed by atoms with E-state index in [2.05, 4.69) is 16.0 Å². The van der Waals surface area contributed by atoms with Crippen molar-refractivity contribution in [1.82, 2.24) is 10.6 Å². The van der Waals surface area contributed by atoms with E-state index in [1.165, 1.54) is 0 Å². The van der Waals surface area contributed by atoms with E-state index in [0.29, 0.717) is 17.8 Å². The highest BCUT2D eigenvalue weighted by Crippen LogP contribution is 2.11. The third kappa shape index (κ3) is 4.99. The van der Waals surface area contributed by atoms with Gasteiger partial charge in [-0.15, -0.1) is 0 Å². The molecule has 20 heavy (non-hydrogen) atoms. The maximum atomic E-state index is 11.8. The van der Waals surface area contributed by atoms with Crippen molar-refractivity contribution in [2.75, 3.05) is 32.1 Å². The number of amides is 2. The second kappa shape index (κ2) is 8.29. The Morgan fingerprint density at radius 1 is 1.25 bits per heavy atom. The summed E-state index contributed by atoms with van der Waals surface area (Å²) in [6.07, 6.45) is 0. The summed E-state index contributed by atoms with van der Waals surface area (Å²) in [6, 6.07) is 6.62. The van der Waals surface area contributed by atoms with Gasteiger partial charge in [0.15, 0.2) is 0 Å². The minimum Gasteiger partial charge on any atom is -0.395 e. The fourth-order valence-corrected chi connectivity index (χ4v) is 1.64. The molecule has 6 heteroatoms. The number of carbonyl (C=O) groups is 2. The fourth-order valence-electron chi connectivity index (χ4n) is 1.64. The lowest BCUT2D eigenvalue weighted by Gasteiger charge is -2.12. The number of aliphatic hydroxyl groups excluding tert-OH is 1. The summed E-state index contributed by atoms with van der Waals surface area (Å²) in [5, 5.41) is 16.9. The van der Waals surface area contributed by atoms with Crippen LogP contribution in [0.5, 0.6) is 0 Å². The number of rotatable bonds is 7. The molecular weight excluding hydrogens is 258 g/mol. The van der Waals surface area contributed by atoms with E-state index in [-0.39, 0.29) is 30.9 Å². The van der Waals surface area contributed by atoms with Crippen molar-refractivity contribution in [3.05, 3.63) is 29.8 Å². The number of aliphatic hydroxyl groups is 1. The first-order chi connectivity index (χ1) is 9.58. The average molecular weight is 279 g/mol. The van der Waals surface area contributed by atoms with Crippen molar-refractivity contribution in [1.29, 1.82) is 0 Å². The van der Waals surface area contributed by atoms with Crippen LogP contribution in [0.25, 0.3) is 0 Å². The SMILES string of the molecule is CNCC(C)C(=O)Nc1ccc(C(=O)NCCO)cc1. The molecule has 0 heterocycles. The Morgan fingerprint density at radius 2 is 1.90 bits per heavy atom. The van der Waals surface area contributed by atoms with Gasteiger partial charge in [0.25, 0.3) is 5.91 Å². The lowest BCUT2D eigenvalue weighted by Crippen LogP contribution is -2.28. The Balaban J connectivity index is 2.58. The summed E-state index contributed by atoms with van der Waals surface area (Å²) < 4.78 is 0. The first-order valence-corrected chi connectivity index (χ1v) is 6.53. The molecule has 0 radical (unpaired) electrons. The predicted molar refractivity (Wildman–Crippen MR) is 77.6 cm³/mol. The van der Waals surface area contributed by atoms with Crippen molar-refractivity contribution in [2.45, 2.75) is 6.92 Å². The zero-order valence-electron chi connectivity index (χ0n) is 11.8. The van der Waals surface area contributed by atoms with Gasteiger partial charge in [0.1, 0.15) is 0 Å². The monoisotopic (exact) mass is 279 g/mol.